The molecular weight excluding hydrogens is 176 g/mol. The maximum absolute atomic E-state index is 10.9. The Balaban J connectivity index is 3.84. The van der Waals surface area contributed by atoms with Crippen LogP contribution in [-0.4, -0.2) is 12.6 Å². The monoisotopic (exact) mass is 198 g/mol. The molecule has 0 radical (unpaired) electrons. The molecule has 0 aliphatic rings. The second-order valence-corrected chi connectivity index (χ2v) is 3.98. The highest BCUT2D eigenvalue weighted by Crippen LogP contribution is 2.18. The van der Waals surface area contributed by atoms with Crippen LogP contribution in [0.3, 0.4) is 0 Å². The number of rotatable bonds is 7. The summed E-state index contributed by atoms with van der Waals surface area (Å²) in [7, 11) is 0. The Morgan fingerprint density at radius 2 is 2.14 bits per heavy atom. The van der Waals surface area contributed by atoms with Gasteiger partial charge < -0.3 is 4.74 Å². The van der Waals surface area contributed by atoms with E-state index in [1.807, 2.05) is 0 Å². The van der Waals surface area contributed by atoms with E-state index in [2.05, 4.69) is 27.4 Å². The zero-order valence-corrected chi connectivity index (χ0v) is 9.58. The van der Waals surface area contributed by atoms with Gasteiger partial charge >= 0.3 is 5.97 Å². The first-order valence-corrected chi connectivity index (χ1v) is 5.41. The first kappa shape index (κ1) is 13.2. The first-order chi connectivity index (χ1) is 6.61. The van der Waals surface area contributed by atoms with Gasteiger partial charge in [-0.15, -0.1) is 0 Å². The average Bonchev–Trinajstić information content (AvgIpc) is 2.16. The Morgan fingerprint density at radius 3 is 2.57 bits per heavy atom. The standard InChI is InChI=1S/C12H22O2/c1-5-7-8-11(10(3)4)9-14-12(13)6-2/h6,10-11H,2,5,7-9H2,1,3-4H3. The van der Waals surface area contributed by atoms with Gasteiger partial charge in [-0.05, 0) is 18.3 Å². The fraction of sp³-hybridized carbons (Fsp3) is 0.750. The largest absolute Gasteiger partial charge is 0.462 e. The molecule has 0 aromatic rings. The van der Waals surface area contributed by atoms with Gasteiger partial charge in [-0.3, -0.25) is 0 Å². The third-order valence-electron chi connectivity index (χ3n) is 2.48. The van der Waals surface area contributed by atoms with Gasteiger partial charge in [-0.1, -0.05) is 40.2 Å². The lowest BCUT2D eigenvalue weighted by molar-refractivity contribution is -0.139. The molecule has 0 rings (SSSR count). The summed E-state index contributed by atoms with van der Waals surface area (Å²) in [6, 6.07) is 0. The molecule has 14 heavy (non-hydrogen) atoms. The topological polar surface area (TPSA) is 26.3 Å². The lowest BCUT2D eigenvalue weighted by Crippen LogP contribution is -2.18. The van der Waals surface area contributed by atoms with Crippen molar-refractivity contribution in [3.05, 3.63) is 12.7 Å². The number of unbranched alkanes of at least 4 members (excludes halogenated alkanes) is 1. The van der Waals surface area contributed by atoms with E-state index in [1.165, 1.54) is 18.9 Å². The predicted molar refractivity (Wildman–Crippen MR) is 59.0 cm³/mol. The molecule has 0 spiro atoms. The van der Waals surface area contributed by atoms with Crippen molar-refractivity contribution in [3.63, 3.8) is 0 Å². The van der Waals surface area contributed by atoms with Crippen molar-refractivity contribution in [2.75, 3.05) is 6.61 Å². The number of carbonyl (C=O) groups is 1. The van der Waals surface area contributed by atoms with E-state index in [4.69, 9.17) is 4.74 Å². The van der Waals surface area contributed by atoms with Crippen molar-refractivity contribution in [1.82, 2.24) is 0 Å². The van der Waals surface area contributed by atoms with E-state index in [1.54, 1.807) is 0 Å². The lowest BCUT2D eigenvalue weighted by Gasteiger charge is -2.19. The van der Waals surface area contributed by atoms with Crippen molar-refractivity contribution >= 4 is 5.97 Å². The molecule has 2 nitrogen and oxygen atoms in total. The van der Waals surface area contributed by atoms with Crippen LogP contribution in [0.1, 0.15) is 40.0 Å². The average molecular weight is 198 g/mol. The molecule has 0 amide bonds. The van der Waals surface area contributed by atoms with E-state index in [0.717, 1.165) is 6.42 Å². The molecule has 0 fully saturated rings. The molecule has 0 aromatic heterocycles. The van der Waals surface area contributed by atoms with Crippen molar-refractivity contribution < 1.29 is 9.53 Å². The Labute approximate surface area is 87.3 Å². The lowest BCUT2D eigenvalue weighted by atomic mass is 9.91. The number of carbonyl (C=O) groups excluding carboxylic acids is 1. The number of esters is 1. The summed E-state index contributed by atoms with van der Waals surface area (Å²) in [5, 5.41) is 0. The summed E-state index contributed by atoms with van der Waals surface area (Å²) >= 11 is 0. The molecule has 0 heterocycles. The van der Waals surface area contributed by atoms with Gasteiger partial charge in [0.2, 0.25) is 0 Å². The highest BCUT2D eigenvalue weighted by Gasteiger charge is 2.14. The minimum absolute atomic E-state index is 0.313. The molecule has 0 saturated carbocycles. The second-order valence-electron chi connectivity index (χ2n) is 3.98. The van der Waals surface area contributed by atoms with Crippen LogP contribution >= 0.6 is 0 Å². The third-order valence-corrected chi connectivity index (χ3v) is 2.48. The fourth-order valence-corrected chi connectivity index (χ4v) is 1.32. The van der Waals surface area contributed by atoms with Crippen LogP contribution in [-0.2, 0) is 9.53 Å². The van der Waals surface area contributed by atoms with Crippen molar-refractivity contribution in [2.24, 2.45) is 11.8 Å². The Kier molecular flexibility index (Phi) is 7.17. The summed E-state index contributed by atoms with van der Waals surface area (Å²) in [6.45, 7) is 10.4. The van der Waals surface area contributed by atoms with Gasteiger partial charge in [0.15, 0.2) is 0 Å². The van der Waals surface area contributed by atoms with E-state index in [-0.39, 0.29) is 5.97 Å². The Bertz CT molecular complexity index is 173. The Morgan fingerprint density at radius 1 is 1.50 bits per heavy atom. The van der Waals surface area contributed by atoms with Gasteiger partial charge in [0.25, 0.3) is 0 Å². The van der Waals surface area contributed by atoms with Crippen LogP contribution in [0.5, 0.6) is 0 Å². The molecular formula is C12H22O2. The van der Waals surface area contributed by atoms with Crippen LogP contribution < -0.4 is 0 Å². The normalized spacial score (nSPS) is 12.6. The van der Waals surface area contributed by atoms with Crippen LogP contribution in [0.4, 0.5) is 0 Å². The molecule has 0 aromatic carbocycles. The van der Waals surface area contributed by atoms with Gasteiger partial charge in [0, 0.05) is 6.08 Å². The van der Waals surface area contributed by atoms with Crippen LogP contribution in [0.25, 0.3) is 0 Å². The minimum Gasteiger partial charge on any atom is -0.462 e. The van der Waals surface area contributed by atoms with E-state index in [0.29, 0.717) is 18.4 Å². The smallest absolute Gasteiger partial charge is 0.330 e. The fourth-order valence-electron chi connectivity index (χ4n) is 1.32. The molecule has 0 bridgehead atoms. The van der Waals surface area contributed by atoms with Crippen LogP contribution in [0.15, 0.2) is 12.7 Å². The molecule has 2 heteroatoms. The van der Waals surface area contributed by atoms with Crippen LogP contribution in [0.2, 0.25) is 0 Å². The summed E-state index contributed by atoms with van der Waals surface area (Å²) in [5.41, 5.74) is 0. The van der Waals surface area contributed by atoms with Gasteiger partial charge in [-0.2, -0.15) is 0 Å². The Hall–Kier alpha value is -0.790. The quantitative estimate of drug-likeness (QED) is 0.464. The third kappa shape index (κ3) is 5.79. The maximum Gasteiger partial charge on any atom is 0.330 e. The number of hydrogen-bond donors (Lipinski definition) is 0. The zero-order chi connectivity index (χ0) is 11.0. The summed E-state index contributed by atoms with van der Waals surface area (Å²) in [5.74, 6) is 0.741. The van der Waals surface area contributed by atoms with E-state index in [9.17, 15) is 4.79 Å². The van der Waals surface area contributed by atoms with Crippen LogP contribution in [0, 0.1) is 11.8 Å². The summed E-state index contributed by atoms with van der Waals surface area (Å²) < 4.78 is 5.05. The minimum atomic E-state index is -0.313. The molecule has 0 N–H and O–H groups in total. The van der Waals surface area contributed by atoms with Gasteiger partial charge in [-0.25, -0.2) is 4.79 Å². The predicted octanol–water partition coefficient (Wildman–Crippen LogP) is 3.18. The number of hydrogen-bond acceptors (Lipinski definition) is 2. The van der Waals surface area contributed by atoms with Crippen molar-refractivity contribution in [2.45, 2.75) is 40.0 Å². The van der Waals surface area contributed by atoms with E-state index >= 15 is 0 Å². The summed E-state index contributed by atoms with van der Waals surface area (Å²) in [4.78, 5) is 10.9. The number of ether oxygens (including phenoxy) is 1. The molecule has 0 aliphatic heterocycles. The second kappa shape index (κ2) is 7.60. The molecule has 1 unspecified atom stereocenters. The highest BCUT2D eigenvalue weighted by atomic mass is 16.5. The maximum atomic E-state index is 10.9. The molecule has 0 saturated heterocycles. The van der Waals surface area contributed by atoms with Gasteiger partial charge in [0.05, 0.1) is 6.61 Å². The highest BCUT2D eigenvalue weighted by molar-refractivity contribution is 5.81. The van der Waals surface area contributed by atoms with Crippen molar-refractivity contribution in [3.8, 4) is 0 Å². The SMILES string of the molecule is C=CC(=O)OCC(CCCC)C(C)C. The summed E-state index contributed by atoms with van der Waals surface area (Å²) in [6.07, 6.45) is 4.75. The van der Waals surface area contributed by atoms with Gasteiger partial charge in [0.1, 0.15) is 0 Å². The molecule has 1 atom stereocenters. The first-order valence-electron chi connectivity index (χ1n) is 5.41. The van der Waals surface area contributed by atoms with E-state index < -0.39 is 0 Å². The molecule has 0 aliphatic carbocycles. The zero-order valence-electron chi connectivity index (χ0n) is 9.58. The van der Waals surface area contributed by atoms with Crippen molar-refractivity contribution in [1.29, 1.82) is 0 Å². The molecule has 82 valence electrons.